The van der Waals surface area contributed by atoms with Crippen LogP contribution in [0.4, 0.5) is 0 Å². The van der Waals surface area contributed by atoms with Crippen LogP contribution < -0.4 is 5.32 Å². The van der Waals surface area contributed by atoms with Gasteiger partial charge in [0.25, 0.3) is 0 Å². The third-order valence-electron chi connectivity index (χ3n) is 3.83. The topological polar surface area (TPSA) is 29.1 Å². The highest BCUT2D eigenvalue weighted by Crippen LogP contribution is 2.29. The summed E-state index contributed by atoms with van der Waals surface area (Å²) < 4.78 is 0. The number of hydrogen-bond donors (Lipinski definition) is 1. The molecule has 0 aromatic heterocycles. The Balaban J connectivity index is 2.02. The molecule has 21 heavy (non-hydrogen) atoms. The van der Waals surface area contributed by atoms with E-state index in [0.717, 1.165) is 19.3 Å². The van der Waals surface area contributed by atoms with Gasteiger partial charge in [-0.05, 0) is 24.0 Å². The fraction of sp³-hybridized carbons (Fsp3) is 0.316. The van der Waals surface area contributed by atoms with E-state index < -0.39 is 0 Å². The van der Waals surface area contributed by atoms with E-state index in [1.54, 1.807) is 7.05 Å². The molecule has 0 bridgehead atoms. The normalized spacial score (nSPS) is 10.6. The van der Waals surface area contributed by atoms with Gasteiger partial charge in [-0.2, -0.15) is 0 Å². The van der Waals surface area contributed by atoms with Crippen molar-refractivity contribution in [3.8, 4) is 0 Å². The summed E-state index contributed by atoms with van der Waals surface area (Å²) in [5, 5.41) is 2.68. The lowest BCUT2D eigenvalue weighted by atomic mass is 9.87. The first-order valence-corrected chi connectivity index (χ1v) is 7.61. The van der Waals surface area contributed by atoms with Crippen LogP contribution in [0.1, 0.15) is 42.7 Å². The molecule has 0 aliphatic carbocycles. The monoisotopic (exact) mass is 281 g/mol. The van der Waals surface area contributed by atoms with Crippen LogP contribution in [0, 0.1) is 0 Å². The molecule has 0 radical (unpaired) electrons. The summed E-state index contributed by atoms with van der Waals surface area (Å²) in [5.41, 5.74) is 2.70. The summed E-state index contributed by atoms with van der Waals surface area (Å²) in [4.78, 5) is 11.3. The molecule has 2 aromatic carbocycles. The minimum atomic E-state index is 0.131. The van der Waals surface area contributed by atoms with Gasteiger partial charge >= 0.3 is 0 Å². The van der Waals surface area contributed by atoms with Crippen LogP contribution in [0.3, 0.4) is 0 Å². The molecule has 1 amide bonds. The van der Waals surface area contributed by atoms with E-state index in [4.69, 9.17) is 0 Å². The number of carbonyl (C=O) groups excluding carboxylic acids is 1. The average molecular weight is 281 g/mol. The number of nitrogens with one attached hydrogen (secondary N) is 1. The fourth-order valence-corrected chi connectivity index (χ4v) is 2.66. The second kappa shape index (κ2) is 8.25. The van der Waals surface area contributed by atoms with Gasteiger partial charge in [-0.1, -0.05) is 67.1 Å². The Hall–Kier alpha value is -2.09. The number of carbonyl (C=O) groups is 1. The van der Waals surface area contributed by atoms with E-state index in [1.165, 1.54) is 11.1 Å². The molecule has 0 aliphatic heterocycles. The van der Waals surface area contributed by atoms with Gasteiger partial charge in [0.15, 0.2) is 0 Å². The van der Waals surface area contributed by atoms with Gasteiger partial charge in [-0.3, -0.25) is 4.79 Å². The SMILES string of the molecule is CNC(=O)CCCCC(c1ccccc1)c1ccccc1. The molecule has 0 atom stereocenters. The van der Waals surface area contributed by atoms with Gasteiger partial charge in [0, 0.05) is 19.4 Å². The van der Waals surface area contributed by atoms with Crippen LogP contribution in [-0.2, 0) is 4.79 Å². The van der Waals surface area contributed by atoms with Gasteiger partial charge < -0.3 is 5.32 Å². The molecule has 0 unspecified atom stereocenters. The molecule has 0 fully saturated rings. The van der Waals surface area contributed by atoms with Crippen molar-refractivity contribution in [3.63, 3.8) is 0 Å². The minimum Gasteiger partial charge on any atom is -0.359 e. The molecule has 2 heteroatoms. The second-order valence-electron chi connectivity index (χ2n) is 5.29. The average Bonchev–Trinajstić information content (AvgIpc) is 2.56. The lowest BCUT2D eigenvalue weighted by molar-refractivity contribution is -0.120. The smallest absolute Gasteiger partial charge is 0.219 e. The van der Waals surface area contributed by atoms with Crippen molar-refractivity contribution in [3.05, 3.63) is 71.8 Å². The molecule has 0 heterocycles. The van der Waals surface area contributed by atoms with Crippen LogP contribution in [0.2, 0.25) is 0 Å². The van der Waals surface area contributed by atoms with Gasteiger partial charge in [0.05, 0.1) is 0 Å². The lowest BCUT2D eigenvalue weighted by Crippen LogP contribution is -2.17. The number of hydrogen-bond acceptors (Lipinski definition) is 1. The fourth-order valence-electron chi connectivity index (χ4n) is 2.66. The van der Waals surface area contributed by atoms with Gasteiger partial charge in [0.1, 0.15) is 0 Å². The zero-order chi connectivity index (χ0) is 14.9. The maximum atomic E-state index is 11.3. The summed E-state index contributed by atoms with van der Waals surface area (Å²) in [6, 6.07) is 21.2. The first kappa shape index (κ1) is 15.3. The third-order valence-corrected chi connectivity index (χ3v) is 3.83. The first-order valence-electron chi connectivity index (χ1n) is 7.61. The maximum absolute atomic E-state index is 11.3. The molecule has 0 saturated carbocycles. The van der Waals surface area contributed by atoms with E-state index in [0.29, 0.717) is 12.3 Å². The van der Waals surface area contributed by atoms with E-state index in [2.05, 4.69) is 66.0 Å². The molecule has 2 aromatic rings. The number of rotatable bonds is 7. The molecule has 2 rings (SSSR count). The Morgan fingerprint density at radius 3 is 1.90 bits per heavy atom. The summed E-state index contributed by atoms with van der Waals surface area (Å²) >= 11 is 0. The molecule has 1 N–H and O–H groups in total. The summed E-state index contributed by atoms with van der Waals surface area (Å²) in [7, 11) is 1.69. The Labute approximate surface area is 127 Å². The van der Waals surface area contributed by atoms with Crippen molar-refractivity contribution in [2.45, 2.75) is 31.6 Å². The first-order chi connectivity index (χ1) is 10.3. The van der Waals surface area contributed by atoms with Crippen molar-refractivity contribution in [1.29, 1.82) is 0 Å². The van der Waals surface area contributed by atoms with Crippen LogP contribution in [0.5, 0.6) is 0 Å². The van der Waals surface area contributed by atoms with E-state index >= 15 is 0 Å². The summed E-state index contributed by atoms with van der Waals surface area (Å²) in [5.74, 6) is 0.544. The van der Waals surface area contributed by atoms with Crippen molar-refractivity contribution < 1.29 is 4.79 Å². The standard InChI is InChI=1S/C19H23NO/c1-20-19(21)15-9-8-14-18(16-10-4-2-5-11-16)17-12-6-3-7-13-17/h2-7,10-13,18H,8-9,14-15H2,1H3,(H,20,21). The summed E-state index contributed by atoms with van der Waals surface area (Å²) in [6.07, 6.45) is 3.69. The van der Waals surface area contributed by atoms with E-state index in [1.807, 2.05) is 0 Å². The summed E-state index contributed by atoms with van der Waals surface area (Å²) in [6.45, 7) is 0. The van der Waals surface area contributed by atoms with Crippen molar-refractivity contribution >= 4 is 5.91 Å². The minimum absolute atomic E-state index is 0.131. The Kier molecular flexibility index (Phi) is 6.01. The highest BCUT2D eigenvalue weighted by atomic mass is 16.1. The van der Waals surface area contributed by atoms with Gasteiger partial charge in [-0.25, -0.2) is 0 Å². The van der Waals surface area contributed by atoms with E-state index in [-0.39, 0.29) is 5.91 Å². The molecular weight excluding hydrogens is 258 g/mol. The number of amides is 1. The molecule has 0 aliphatic rings. The quantitative estimate of drug-likeness (QED) is 0.760. The Morgan fingerprint density at radius 2 is 1.43 bits per heavy atom. The maximum Gasteiger partial charge on any atom is 0.219 e. The number of benzene rings is 2. The largest absolute Gasteiger partial charge is 0.359 e. The zero-order valence-corrected chi connectivity index (χ0v) is 12.6. The Morgan fingerprint density at radius 1 is 0.905 bits per heavy atom. The molecule has 0 saturated heterocycles. The zero-order valence-electron chi connectivity index (χ0n) is 12.6. The van der Waals surface area contributed by atoms with Crippen molar-refractivity contribution in [2.75, 3.05) is 7.05 Å². The predicted molar refractivity (Wildman–Crippen MR) is 87.3 cm³/mol. The van der Waals surface area contributed by atoms with Gasteiger partial charge in [-0.15, -0.1) is 0 Å². The third kappa shape index (κ3) is 4.75. The van der Waals surface area contributed by atoms with Crippen LogP contribution >= 0.6 is 0 Å². The molecule has 0 spiro atoms. The number of unbranched alkanes of at least 4 members (excludes halogenated alkanes) is 1. The van der Waals surface area contributed by atoms with Crippen LogP contribution in [0.25, 0.3) is 0 Å². The van der Waals surface area contributed by atoms with Crippen molar-refractivity contribution in [1.82, 2.24) is 5.32 Å². The molecular formula is C19H23NO. The predicted octanol–water partition coefficient (Wildman–Crippen LogP) is 4.12. The molecule has 2 nitrogen and oxygen atoms in total. The molecule has 110 valence electrons. The Bertz CT molecular complexity index is 497. The second-order valence-corrected chi connectivity index (χ2v) is 5.29. The van der Waals surface area contributed by atoms with Crippen molar-refractivity contribution in [2.24, 2.45) is 0 Å². The van der Waals surface area contributed by atoms with Gasteiger partial charge in [0.2, 0.25) is 5.91 Å². The van der Waals surface area contributed by atoms with Crippen LogP contribution in [0.15, 0.2) is 60.7 Å². The highest BCUT2D eigenvalue weighted by Gasteiger charge is 2.13. The highest BCUT2D eigenvalue weighted by molar-refractivity contribution is 5.75. The lowest BCUT2D eigenvalue weighted by Gasteiger charge is -2.18. The van der Waals surface area contributed by atoms with E-state index in [9.17, 15) is 4.79 Å². The van der Waals surface area contributed by atoms with Crippen LogP contribution in [-0.4, -0.2) is 13.0 Å².